The number of nitrogens with zero attached hydrogens (tertiary/aromatic N) is 2. The first kappa shape index (κ1) is 59.8. The maximum atomic E-state index is 13.3. The lowest BCUT2D eigenvalue weighted by Crippen LogP contribution is -2.50. The Bertz CT molecular complexity index is 2760. The lowest BCUT2D eigenvalue weighted by Gasteiger charge is -2.33. The molecule has 0 fully saturated rings. The van der Waals surface area contributed by atoms with Gasteiger partial charge in [0.25, 0.3) is 11.8 Å². The Hall–Kier alpha value is -3.48. The van der Waals surface area contributed by atoms with Gasteiger partial charge in [-0.25, -0.2) is 21.6 Å². The van der Waals surface area contributed by atoms with Crippen LogP contribution in [0, 0.1) is 0 Å². The van der Waals surface area contributed by atoms with Gasteiger partial charge in [0, 0.05) is 84.3 Å². The number of benzene rings is 4. The van der Waals surface area contributed by atoms with Crippen molar-refractivity contribution in [2.45, 2.75) is 66.2 Å². The zero-order chi connectivity index (χ0) is 53.4. The van der Waals surface area contributed by atoms with Gasteiger partial charge in [0.1, 0.15) is 0 Å². The van der Waals surface area contributed by atoms with Crippen molar-refractivity contribution in [2.24, 2.45) is 0 Å². The van der Waals surface area contributed by atoms with Crippen molar-refractivity contribution >= 4 is 78.1 Å². The number of fused-ring (bicyclic) bond motifs is 2. The molecule has 74 heavy (non-hydrogen) atoms. The largest absolute Gasteiger partial charge is 0.380 e. The van der Waals surface area contributed by atoms with E-state index in [1.165, 1.54) is 6.07 Å². The minimum atomic E-state index is -3.85. The minimum absolute atomic E-state index is 0.00604. The predicted molar refractivity (Wildman–Crippen MR) is 285 cm³/mol. The van der Waals surface area contributed by atoms with Gasteiger partial charge in [0.05, 0.1) is 61.8 Å². The van der Waals surface area contributed by atoms with E-state index < -0.39 is 43.9 Å². The number of unbranched alkanes of at least 4 members (excludes halogenated alkanes) is 2. The molecule has 4 aromatic carbocycles. The maximum Gasteiger partial charge on any atom is 0.252 e. The van der Waals surface area contributed by atoms with E-state index in [4.69, 9.17) is 65.4 Å². The molecule has 4 unspecified atom stereocenters. The molecule has 23 heteroatoms. The lowest BCUT2D eigenvalue weighted by atomic mass is 9.85. The molecule has 406 valence electrons. The smallest absolute Gasteiger partial charge is 0.252 e. The van der Waals surface area contributed by atoms with E-state index in [0.29, 0.717) is 72.1 Å². The Labute approximate surface area is 454 Å². The molecule has 17 nitrogen and oxygen atoms in total. The molecule has 2 amide bonds. The molecular weight excluding hydrogens is 1080 g/mol. The monoisotopic (exact) mass is 1140 g/mol. The van der Waals surface area contributed by atoms with Gasteiger partial charge in [0.15, 0.2) is 22.0 Å². The number of aliphatic hydroxyl groups excluding tert-OH is 2. The fourth-order valence-corrected chi connectivity index (χ4v) is 12.5. The van der Waals surface area contributed by atoms with Gasteiger partial charge >= 0.3 is 0 Å². The Kier molecular flexibility index (Phi) is 23.2. The molecule has 6 rings (SSSR count). The SMILES string of the molecule is CN1Cc2c(Cl)cc(Cl)cc2C(c2cccc(S(=O)(=O)CCCCCOCCOCCNC(=O)C(O)C(O)C(=O)NCCOCCOCCNS(=O)(=O)c3cccc(C4CN(C)Cc5c(Cl)cc(Cl)cc54)c3)c2)C1. The molecule has 4 atom stereocenters. The van der Waals surface area contributed by atoms with Crippen LogP contribution in [0.1, 0.15) is 64.5 Å². The number of carbonyl (C=O) groups is 2. The Balaban J connectivity index is 0.751. The number of aliphatic hydroxyl groups is 2. The molecule has 0 saturated carbocycles. The number of likely N-dealkylation sites (N-methyl/N-ethyl adjacent to an activating group) is 2. The Morgan fingerprint density at radius 3 is 1.54 bits per heavy atom. The molecule has 2 aliphatic heterocycles. The summed E-state index contributed by atoms with van der Waals surface area (Å²) in [4.78, 5) is 29.3. The van der Waals surface area contributed by atoms with Crippen LogP contribution in [0.2, 0.25) is 20.1 Å². The molecule has 2 heterocycles. The molecule has 0 saturated heterocycles. The van der Waals surface area contributed by atoms with Crippen molar-refractivity contribution in [1.29, 1.82) is 0 Å². The molecule has 0 aromatic heterocycles. The zero-order valence-corrected chi connectivity index (χ0v) is 46.0. The fourth-order valence-electron chi connectivity index (χ4n) is 8.84. The van der Waals surface area contributed by atoms with E-state index in [1.807, 2.05) is 38.4 Å². The van der Waals surface area contributed by atoms with Gasteiger partial charge in [-0.15, -0.1) is 0 Å². The van der Waals surface area contributed by atoms with Crippen LogP contribution < -0.4 is 15.4 Å². The molecule has 0 spiro atoms. The molecule has 0 radical (unpaired) electrons. The number of carbonyl (C=O) groups excluding carboxylic acids is 2. The van der Waals surface area contributed by atoms with Gasteiger partial charge in [-0.3, -0.25) is 9.59 Å². The third kappa shape index (κ3) is 17.3. The first-order valence-corrected chi connectivity index (χ1v) is 29.0. The van der Waals surface area contributed by atoms with Gasteiger partial charge < -0.3 is 49.6 Å². The van der Waals surface area contributed by atoms with Crippen LogP contribution in [0.3, 0.4) is 0 Å². The summed E-state index contributed by atoms with van der Waals surface area (Å²) < 4.78 is 77.4. The van der Waals surface area contributed by atoms with E-state index in [9.17, 15) is 36.6 Å². The van der Waals surface area contributed by atoms with Crippen LogP contribution in [0.25, 0.3) is 0 Å². The van der Waals surface area contributed by atoms with Crippen LogP contribution >= 0.6 is 46.4 Å². The highest BCUT2D eigenvalue weighted by Gasteiger charge is 2.31. The summed E-state index contributed by atoms with van der Waals surface area (Å²) in [6.07, 6.45) is -2.26. The van der Waals surface area contributed by atoms with E-state index in [2.05, 4.69) is 25.2 Å². The van der Waals surface area contributed by atoms with E-state index >= 15 is 0 Å². The number of hydrogen-bond donors (Lipinski definition) is 5. The second-order valence-corrected chi connectivity index (χ2v) is 23.8. The number of nitrogens with one attached hydrogen (secondary N) is 3. The second kappa shape index (κ2) is 28.8. The number of ether oxygens (including phenoxy) is 4. The molecular formula is C51H65Cl4N5O12S2. The first-order chi connectivity index (χ1) is 35.3. The van der Waals surface area contributed by atoms with Crippen LogP contribution in [0.4, 0.5) is 0 Å². The van der Waals surface area contributed by atoms with Crippen molar-refractivity contribution in [3.8, 4) is 0 Å². The van der Waals surface area contributed by atoms with Gasteiger partial charge in [0.2, 0.25) is 10.0 Å². The summed E-state index contributed by atoms with van der Waals surface area (Å²) >= 11 is 25.7. The van der Waals surface area contributed by atoms with Crippen molar-refractivity contribution in [3.05, 3.63) is 126 Å². The molecule has 2 aliphatic rings. The highest BCUT2D eigenvalue weighted by Crippen LogP contribution is 2.40. The summed E-state index contributed by atoms with van der Waals surface area (Å²) in [6.45, 7) is 4.10. The highest BCUT2D eigenvalue weighted by atomic mass is 35.5. The number of amides is 2. The van der Waals surface area contributed by atoms with E-state index in [1.54, 1.807) is 42.5 Å². The third-order valence-electron chi connectivity index (χ3n) is 12.6. The highest BCUT2D eigenvalue weighted by molar-refractivity contribution is 7.91. The van der Waals surface area contributed by atoms with Crippen LogP contribution in [-0.2, 0) is 61.5 Å². The molecule has 5 N–H and O–H groups in total. The molecule has 0 aliphatic carbocycles. The van der Waals surface area contributed by atoms with Gasteiger partial charge in [-0.2, -0.15) is 0 Å². The summed E-state index contributed by atoms with van der Waals surface area (Å²) in [5.74, 6) is -2.11. The van der Waals surface area contributed by atoms with E-state index in [-0.39, 0.29) is 93.3 Å². The number of halogens is 4. The molecule has 4 aromatic rings. The Morgan fingerprint density at radius 1 is 0.595 bits per heavy atom. The number of sulfonamides is 1. The maximum absolute atomic E-state index is 13.3. The average molecular weight is 1150 g/mol. The fraction of sp³-hybridized carbons (Fsp3) is 0.490. The Morgan fingerprint density at radius 2 is 1.04 bits per heavy atom. The quantitative estimate of drug-likeness (QED) is 0.0430. The third-order valence-corrected chi connectivity index (χ3v) is 17.0. The summed E-state index contributed by atoms with van der Waals surface area (Å²) in [5, 5.41) is 27.4. The lowest BCUT2D eigenvalue weighted by molar-refractivity contribution is -0.146. The number of hydrogen-bond acceptors (Lipinski definition) is 14. The standard InChI is InChI=1S/C51H65Cl4N5O12S2/c1-59-30-42(40-26-36(52)28-46(54)44(40)32-59)34-8-6-10-38(24-34)73(65,66)23-5-3-4-15-69-19-20-70-16-12-56-50(63)48(61)49(62)51(64)57-13-17-71-21-22-72-18-14-58-74(67,68)39-11-7-9-35(25-39)43-31-60(2)33-45-41(43)27-37(53)29-47(45)55/h6-11,24-29,42-43,48-49,58,61-62H,3-5,12-23,30-33H2,1-2H3,(H,56,63)(H,57,64). The first-order valence-electron chi connectivity index (χ1n) is 24.3. The second-order valence-electron chi connectivity index (χ2n) is 18.3. The molecule has 0 bridgehead atoms. The van der Waals surface area contributed by atoms with Gasteiger partial charge in [-0.05, 0) is 109 Å². The topological polar surface area (TPSA) is 222 Å². The van der Waals surface area contributed by atoms with Crippen LogP contribution in [-0.4, -0.2) is 166 Å². The number of sulfone groups is 1. The van der Waals surface area contributed by atoms with E-state index in [0.717, 1.165) is 33.4 Å². The van der Waals surface area contributed by atoms with Crippen molar-refractivity contribution in [3.63, 3.8) is 0 Å². The number of rotatable bonds is 29. The zero-order valence-electron chi connectivity index (χ0n) is 41.4. The average Bonchev–Trinajstić information content (AvgIpc) is 3.36. The van der Waals surface area contributed by atoms with Crippen LogP contribution in [0.5, 0.6) is 0 Å². The summed E-state index contributed by atoms with van der Waals surface area (Å²) in [7, 11) is -3.37. The van der Waals surface area contributed by atoms with Crippen molar-refractivity contribution in [1.82, 2.24) is 25.2 Å². The summed E-state index contributed by atoms with van der Waals surface area (Å²) in [5.41, 5.74) is 5.66. The van der Waals surface area contributed by atoms with Crippen molar-refractivity contribution in [2.75, 3.05) is 105 Å². The van der Waals surface area contributed by atoms with Gasteiger partial charge in [-0.1, -0.05) is 77.1 Å². The predicted octanol–water partition coefficient (Wildman–Crippen LogP) is 5.40. The normalized spacial score (nSPS) is 17.1. The van der Waals surface area contributed by atoms with Crippen LogP contribution in [0.15, 0.2) is 82.6 Å². The summed E-state index contributed by atoms with van der Waals surface area (Å²) in [6, 6.07) is 21.1. The minimum Gasteiger partial charge on any atom is -0.380 e. The van der Waals surface area contributed by atoms with Crippen molar-refractivity contribution < 1.29 is 55.6 Å².